The van der Waals surface area contributed by atoms with E-state index in [1.54, 1.807) is 0 Å². The van der Waals surface area contributed by atoms with E-state index in [2.05, 4.69) is 22.4 Å². The predicted octanol–water partition coefficient (Wildman–Crippen LogP) is 2.08. The third-order valence-electron chi connectivity index (χ3n) is 4.71. The van der Waals surface area contributed by atoms with Crippen molar-refractivity contribution in [3.8, 4) is 0 Å². The number of hydrogen-bond donors (Lipinski definition) is 2. The molecule has 2 atom stereocenters. The lowest BCUT2D eigenvalue weighted by Gasteiger charge is -2.18. The number of carbonyl (C=O) groups is 1. The fourth-order valence-electron chi connectivity index (χ4n) is 3.34. The summed E-state index contributed by atoms with van der Waals surface area (Å²) in [6.07, 6.45) is 6.48. The zero-order valence-corrected chi connectivity index (χ0v) is 12.8. The highest BCUT2D eigenvalue weighted by Gasteiger charge is 2.24. The van der Waals surface area contributed by atoms with Gasteiger partial charge in [0.15, 0.2) is 5.69 Å². The Morgan fingerprint density at radius 3 is 3.19 bits per heavy atom. The second-order valence-corrected chi connectivity index (χ2v) is 6.51. The first-order valence-corrected chi connectivity index (χ1v) is 8.16. The molecule has 0 spiro atoms. The Labute approximate surface area is 125 Å². The number of aromatic nitrogens is 2. The number of H-pyrrole nitrogens is 1. The van der Waals surface area contributed by atoms with Crippen LogP contribution in [0.15, 0.2) is 0 Å². The monoisotopic (exact) mass is 291 g/mol. The predicted molar refractivity (Wildman–Crippen MR) is 80.3 cm³/mol. The van der Waals surface area contributed by atoms with E-state index in [0.29, 0.717) is 17.5 Å². The lowest BCUT2D eigenvalue weighted by atomic mass is 9.87. The minimum atomic E-state index is -0.0238. The van der Waals surface area contributed by atoms with Crippen LogP contribution in [0, 0.1) is 11.8 Å². The molecule has 3 rings (SSSR count). The zero-order chi connectivity index (χ0) is 14.7. The van der Waals surface area contributed by atoms with Gasteiger partial charge >= 0.3 is 0 Å². The second kappa shape index (κ2) is 6.60. The summed E-state index contributed by atoms with van der Waals surface area (Å²) in [4.78, 5) is 12.3. The van der Waals surface area contributed by atoms with Crippen LogP contribution < -0.4 is 5.32 Å². The number of nitrogens with zero attached hydrogens (tertiary/aromatic N) is 1. The van der Waals surface area contributed by atoms with Crippen molar-refractivity contribution in [1.29, 1.82) is 0 Å². The van der Waals surface area contributed by atoms with Crippen molar-refractivity contribution in [2.45, 2.75) is 45.4 Å². The average Bonchev–Trinajstić information content (AvgIpc) is 3.12. The summed E-state index contributed by atoms with van der Waals surface area (Å²) in [5, 5.41) is 10.3. The molecule has 5 nitrogen and oxygen atoms in total. The number of nitrogens with one attached hydrogen (secondary N) is 2. The maximum atomic E-state index is 12.3. The third kappa shape index (κ3) is 3.46. The summed E-state index contributed by atoms with van der Waals surface area (Å²) in [6.45, 7) is 4.75. The van der Waals surface area contributed by atoms with Crippen LogP contribution in [-0.2, 0) is 17.6 Å². The van der Waals surface area contributed by atoms with Crippen molar-refractivity contribution in [2.75, 3.05) is 19.8 Å². The molecule has 1 aromatic rings. The molecule has 2 aliphatic rings. The van der Waals surface area contributed by atoms with E-state index in [9.17, 15) is 4.79 Å². The molecule has 0 unspecified atom stereocenters. The SMILES string of the molecule is C[C@H]1CCc2[nH]nc(C(=O)NCCC[C@@H]3CCOC3)c2C1. The van der Waals surface area contributed by atoms with Crippen LogP contribution in [0.2, 0.25) is 0 Å². The Kier molecular flexibility index (Phi) is 4.58. The molecule has 1 aliphatic carbocycles. The lowest BCUT2D eigenvalue weighted by molar-refractivity contribution is 0.0946. The van der Waals surface area contributed by atoms with Crippen molar-refractivity contribution in [3.63, 3.8) is 0 Å². The Morgan fingerprint density at radius 2 is 2.38 bits per heavy atom. The van der Waals surface area contributed by atoms with Gasteiger partial charge in [-0.2, -0.15) is 5.10 Å². The Morgan fingerprint density at radius 1 is 1.48 bits per heavy atom. The second-order valence-electron chi connectivity index (χ2n) is 6.51. The maximum Gasteiger partial charge on any atom is 0.272 e. The molecule has 0 bridgehead atoms. The highest BCUT2D eigenvalue weighted by molar-refractivity contribution is 5.94. The van der Waals surface area contributed by atoms with Crippen LogP contribution >= 0.6 is 0 Å². The number of hydrogen-bond acceptors (Lipinski definition) is 3. The van der Waals surface area contributed by atoms with Gasteiger partial charge in [0.2, 0.25) is 0 Å². The van der Waals surface area contributed by atoms with E-state index in [0.717, 1.165) is 56.7 Å². The molecule has 0 radical (unpaired) electrons. The standard InChI is InChI=1S/C16H25N3O2/c1-11-4-5-14-13(9-11)15(19-18-14)16(20)17-7-2-3-12-6-8-21-10-12/h11-12H,2-10H2,1H3,(H,17,20)(H,18,19)/t11-,12+/m0/s1. The molecular formula is C16H25N3O2. The van der Waals surface area contributed by atoms with E-state index in [-0.39, 0.29) is 5.91 Å². The van der Waals surface area contributed by atoms with Crippen molar-refractivity contribution in [3.05, 3.63) is 17.0 Å². The lowest BCUT2D eigenvalue weighted by Crippen LogP contribution is -2.27. The molecule has 1 saturated heterocycles. The molecule has 1 fully saturated rings. The first kappa shape index (κ1) is 14.6. The van der Waals surface area contributed by atoms with Gasteiger partial charge in [-0.1, -0.05) is 6.92 Å². The largest absolute Gasteiger partial charge is 0.381 e. The van der Waals surface area contributed by atoms with Crippen molar-refractivity contribution in [2.24, 2.45) is 11.8 Å². The molecule has 1 aromatic heterocycles. The molecule has 0 aromatic carbocycles. The van der Waals surface area contributed by atoms with Gasteiger partial charge < -0.3 is 10.1 Å². The van der Waals surface area contributed by atoms with Crippen molar-refractivity contribution in [1.82, 2.24) is 15.5 Å². The highest BCUT2D eigenvalue weighted by atomic mass is 16.5. The summed E-state index contributed by atoms with van der Waals surface area (Å²) in [6, 6.07) is 0. The van der Waals surface area contributed by atoms with Crippen LogP contribution in [0.3, 0.4) is 0 Å². The van der Waals surface area contributed by atoms with Crippen LogP contribution in [0.4, 0.5) is 0 Å². The number of carbonyl (C=O) groups excluding carboxylic acids is 1. The number of aromatic amines is 1. The van der Waals surface area contributed by atoms with E-state index in [1.807, 2.05) is 0 Å². The molecule has 1 aliphatic heterocycles. The van der Waals surface area contributed by atoms with Gasteiger partial charge in [-0.25, -0.2) is 0 Å². The van der Waals surface area contributed by atoms with Gasteiger partial charge in [0.1, 0.15) is 0 Å². The Balaban J connectivity index is 1.48. The number of rotatable bonds is 5. The third-order valence-corrected chi connectivity index (χ3v) is 4.71. The highest BCUT2D eigenvalue weighted by Crippen LogP contribution is 2.26. The molecule has 5 heteroatoms. The molecule has 21 heavy (non-hydrogen) atoms. The van der Waals surface area contributed by atoms with Crippen LogP contribution in [0.25, 0.3) is 0 Å². The summed E-state index contributed by atoms with van der Waals surface area (Å²) >= 11 is 0. The zero-order valence-electron chi connectivity index (χ0n) is 12.8. The molecule has 0 saturated carbocycles. The van der Waals surface area contributed by atoms with Gasteiger partial charge in [-0.3, -0.25) is 9.89 Å². The molecule has 2 heterocycles. The smallest absolute Gasteiger partial charge is 0.272 e. The van der Waals surface area contributed by atoms with Crippen LogP contribution in [-0.4, -0.2) is 35.9 Å². The normalized spacial score (nSPS) is 24.8. The van der Waals surface area contributed by atoms with E-state index >= 15 is 0 Å². The summed E-state index contributed by atoms with van der Waals surface area (Å²) in [5.41, 5.74) is 2.90. The number of fused-ring (bicyclic) bond motifs is 1. The summed E-state index contributed by atoms with van der Waals surface area (Å²) < 4.78 is 5.36. The Bertz CT molecular complexity index is 492. The molecule has 1 amide bonds. The average molecular weight is 291 g/mol. The van der Waals surface area contributed by atoms with Gasteiger partial charge in [-0.15, -0.1) is 0 Å². The van der Waals surface area contributed by atoms with E-state index in [4.69, 9.17) is 4.74 Å². The number of amides is 1. The first-order chi connectivity index (χ1) is 10.2. The number of aryl methyl sites for hydroxylation is 1. The van der Waals surface area contributed by atoms with Gasteiger partial charge in [0.25, 0.3) is 5.91 Å². The van der Waals surface area contributed by atoms with Crippen LogP contribution in [0.1, 0.15) is 54.4 Å². The fraction of sp³-hybridized carbons (Fsp3) is 0.750. The van der Waals surface area contributed by atoms with E-state index < -0.39 is 0 Å². The number of ether oxygens (including phenoxy) is 1. The maximum absolute atomic E-state index is 12.3. The van der Waals surface area contributed by atoms with E-state index in [1.165, 1.54) is 12.8 Å². The van der Waals surface area contributed by atoms with Gasteiger partial charge in [0, 0.05) is 31.0 Å². The van der Waals surface area contributed by atoms with Gasteiger partial charge in [-0.05, 0) is 50.4 Å². The van der Waals surface area contributed by atoms with Gasteiger partial charge in [0.05, 0.1) is 0 Å². The fourth-order valence-corrected chi connectivity index (χ4v) is 3.34. The molecular weight excluding hydrogens is 266 g/mol. The van der Waals surface area contributed by atoms with Crippen molar-refractivity contribution >= 4 is 5.91 Å². The summed E-state index contributed by atoms with van der Waals surface area (Å²) in [5.74, 6) is 1.30. The quantitative estimate of drug-likeness (QED) is 0.816. The molecule has 116 valence electrons. The van der Waals surface area contributed by atoms with Crippen molar-refractivity contribution < 1.29 is 9.53 Å². The van der Waals surface area contributed by atoms with Crippen LogP contribution in [0.5, 0.6) is 0 Å². The molecule has 2 N–H and O–H groups in total. The minimum Gasteiger partial charge on any atom is -0.381 e. The minimum absolute atomic E-state index is 0.0238. The Hall–Kier alpha value is -1.36. The summed E-state index contributed by atoms with van der Waals surface area (Å²) in [7, 11) is 0. The topological polar surface area (TPSA) is 67.0 Å². The first-order valence-electron chi connectivity index (χ1n) is 8.16.